The minimum atomic E-state index is -0.832. The van der Waals surface area contributed by atoms with Gasteiger partial charge in [0.1, 0.15) is 23.1 Å². The summed E-state index contributed by atoms with van der Waals surface area (Å²) >= 11 is 0. The molecule has 0 radical (unpaired) electrons. The van der Waals surface area contributed by atoms with E-state index >= 15 is 0 Å². The van der Waals surface area contributed by atoms with Gasteiger partial charge in [-0.2, -0.15) is 0 Å². The molecule has 0 spiro atoms. The SMILES string of the molecule is CC(OC(=O)c1cc2cc(F)ccc2oc1=O)c1cccnc1. The quantitative estimate of drug-likeness (QED) is 0.548. The van der Waals surface area contributed by atoms with Gasteiger partial charge in [0.05, 0.1) is 0 Å². The Balaban J connectivity index is 1.91. The molecular weight excluding hydrogens is 301 g/mol. The predicted octanol–water partition coefficient (Wildman–Crippen LogP) is 3.25. The van der Waals surface area contributed by atoms with E-state index in [0.717, 1.165) is 0 Å². The number of hydrogen-bond donors (Lipinski definition) is 0. The Bertz CT molecular complexity index is 921. The minimum absolute atomic E-state index is 0.202. The molecule has 1 aromatic carbocycles. The number of esters is 1. The molecule has 5 nitrogen and oxygen atoms in total. The van der Waals surface area contributed by atoms with Crippen molar-refractivity contribution in [2.75, 3.05) is 0 Å². The van der Waals surface area contributed by atoms with E-state index in [1.807, 2.05) is 0 Å². The molecule has 2 aromatic heterocycles. The number of benzene rings is 1. The van der Waals surface area contributed by atoms with Gasteiger partial charge < -0.3 is 9.15 Å². The van der Waals surface area contributed by atoms with Crippen LogP contribution >= 0.6 is 0 Å². The minimum Gasteiger partial charge on any atom is -0.454 e. The van der Waals surface area contributed by atoms with E-state index in [1.165, 1.54) is 24.3 Å². The second kappa shape index (κ2) is 6.00. The van der Waals surface area contributed by atoms with Crippen molar-refractivity contribution < 1.29 is 18.3 Å². The summed E-state index contributed by atoms with van der Waals surface area (Å²) in [4.78, 5) is 28.0. The van der Waals surface area contributed by atoms with Gasteiger partial charge in [0, 0.05) is 23.3 Å². The van der Waals surface area contributed by atoms with Gasteiger partial charge in [0.25, 0.3) is 0 Å². The zero-order chi connectivity index (χ0) is 16.4. The van der Waals surface area contributed by atoms with Gasteiger partial charge in [-0.15, -0.1) is 0 Å². The van der Waals surface area contributed by atoms with Crippen LogP contribution in [0.5, 0.6) is 0 Å². The second-order valence-corrected chi connectivity index (χ2v) is 4.96. The molecule has 0 bridgehead atoms. The molecule has 116 valence electrons. The Morgan fingerprint density at radius 2 is 2.13 bits per heavy atom. The lowest BCUT2D eigenvalue weighted by atomic mass is 10.1. The van der Waals surface area contributed by atoms with Crippen LogP contribution in [-0.4, -0.2) is 11.0 Å². The van der Waals surface area contributed by atoms with Crippen LogP contribution in [0.3, 0.4) is 0 Å². The summed E-state index contributed by atoms with van der Waals surface area (Å²) < 4.78 is 23.5. The van der Waals surface area contributed by atoms with E-state index in [0.29, 0.717) is 10.9 Å². The van der Waals surface area contributed by atoms with E-state index in [2.05, 4.69) is 4.98 Å². The molecule has 3 aromatic rings. The highest BCUT2D eigenvalue weighted by atomic mass is 19.1. The first-order chi connectivity index (χ1) is 11.0. The summed E-state index contributed by atoms with van der Waals surface area (Å²) in [5.74, 6) is -1.32. The van der Waals surface area contributed by atoms with Crippen molar-refractivity contribution in [1.82, 2.24) is 4.98 Å². The van der Waals surface area contributed by atoms with E-state index < -0.39 is 23.5 Å². The smallest absolute Gasteiger partial charge is 0.351 e. The lowest BCUT2D eigenvalue weighted by Crippen LogP contribution is -2.18. The summed E-state index contributed by atoms with van der Waals surface area (Å²) in [5.41, 5.74) is -0.211. The molecule has 0 saturated heterocycles. The van der Waals surface area contributed by atoms with Crippen LogP contribution in [0.15, 0.2) is 58.0 Å². The average molecular weight is 313 g/mol. The third-order valence-corrected chi connectivity index (χ3v) is 3.35. The van der Waals surface area contributed by atoms with Crippen LogP contribution in [0.1, 0.15) is 28.9 Å². The molecule has 0 amide bonds. The number of aromatic nitrogens is 1. The Hall–Kier alpha value is -3.02. The standard InChI is InChI=1S/C17H12FNO4/c1-10(11-3-2-6-19-9-11)22-16(20)14-8-12-7-13(18)4-5-15(12)23-17(14)21/h2-10H,1H3. The highest BCUT2D eigenvalue weighted by molar-refractivity contribution is 5.92. The van der Waals surface area contributed by atoms with Crippen molar-refractivity contribution >= 4 is 16.9 Å². The molecule has 0 aliphatic rings. The number of halogens is 1. The Morgan fingerprint density at radius 1 is 1.30 bits per heavy atom. The number of nitrogens with zero attached hydrogens (tertiary/aromatic N) is 1. The molecule has 3 rings (SSSR count). The Morgan fingerprint density at radius 3 is 2.87 bits per heavy atom. The average Bonchev–Trinajstić information content (AvgIpc) is 2.55. The van der Waals surface area contributed by atoms with Crippen molar-refractivity contribution in [3.8, 4) is 0 Å². The van der Waals surface area contributed by atoms with Gasteiger partial charge >= 0.3 is 11.6 Å². The second-order valence-electron chi connectivity index (χ2n) is 4.96. The van der Waals surface area contributed by atoms with Crippen molar-refractivity contribution in [3.63, 3.8) is 0 Å². The summed E-state index contributed by atoms with van der Waals surface area (Å²) in [7, 11) is 0. The zero-order valence-corrected chi connectivity index (χ0v) is 12.2. The summed E-state index contributed by atoms with van der Waals surface area (Å²) in [5, 5.41) is 0.311. The third-order valence-electron chi connectivity index (χ3n) is 3.35. The number of carbonyl (C=O) groups is 1. The van der Waals surface area contributed by atoms with Crippen LogP contribution in [0.25, 0.3) is 11.0 Å². The number of rotatable bonds is 3. The van der Waals surface area contributed by atoms with Gasteiger partial charge in [-0.05, 0) is 37.3 Å². The first kappa shape index (κ1) is 14.9. The van der Waals surface area contributed by atoms with Crippen molar-refractivity contribution in [1.29, 1.82) is 0 Å². The first-order valence-corrected chi connectivity index (χ1v) is 6.89. The van der Waals surface area contributed by atoms with E-state index in [-0.39, 0.29) is 11.1 Å². The van der Waals surface area contributed by atoms with E-state index in [9.17, 15) is 14.0 Å². The maximum Gasteiger partial charge on any atom is 0.351 e. The third kappa shape index (κ3) is 3.11. The fourth-order valence-corrected chi connectivity index (χ4v) is 2.15. The maximum atomic E-state index is 13.3. The zero-order valence-electron chi connectivity index (χ0n) is 12.2. The lowest BCUT2D eigenvalue weighted by Gasteiger charge is -2.12. The van der Waals surface area contributed by atoms with Gasteiger partial charge in [0.15, 0.2) is 0 Å². The van der Waals surface area contributed by atoms with Crippen LogP contribution in [0.2, 0.25) is 0 Å². The molecule has 1 atom stereocenters. The monoisotopic (exact) mass is 313 g/mol. The highest BCUT2D eigenvalue weighted by Crippen LogP contribution is 2.19. The van der Waals surface area contributed by atoms with Gasteiger partial charge in [-0.1, -0.05) is 6.07 Å². The Labute approximate surface area is 130 Å². The number of fused-ring (bicyclic) bond motifs is 1. The molecule has 0 N–H and O–H groups in total. The molecule has 0 aliphatic carbocycles. The van der Waals surface area contributed by atoms with Gasteiger partial charge in [0.2, 0.25) is 0 Å². The van der Waals surface area contributed by atoms with Crippen molar-refractivity contribution in [2.24, 2.45) is 0 Å². The summed E-state index contributed by atoms with van der Waals surface area (Å²) in [6.45, 7) is 1.66. The number of ether oxygens (including phenoxy) is 1. The largest absolute Gasteiger partial charge is 0.454 e. The summed E-state index contributed by atoms with van der Waals surface area (Å²) in [6, 6.07) is 8.42. The van der Waals surface area contributed by atoms with Crippen LogP contribution in [0, 0.1) is 5.82 Å². The Kier molecular flexibility index (Phi) is 3.89. The molecule has 23 heavy (non-hydrogen) atoms. The van der Waals surface area contributed by atoms with Crippen molar-refractivity contribution in [2.45, 2.75) is 13.0 Å². The van der Waals surface area contributed by atoms with Gasteiger partial charge in [-0.25, -0.2) is 14.0 Å². The van der Waals surface area contributed by atoms with E-state index in [1.54, 1.807) is 31.5 Å². The summed E-state index contributed by atoms with van der Waals surface area (Å²) in [6.07, 6.45) is 2.58. The van der Waals surface area contributed by atoms with Crippen molar-refractivity contribution in [3.05, 3.63) is 76.2 Å². The number of carbonyl (C=O) groups excluding carboxylic acids is 1. The normalized spacial score (nSPS) is 12.1. The molecule has 1 unspecified atom stereocenters. The van der Waals surface area contributed by atoms with E-state index in [4.69, 9.17) is 9.15 Å². The fourth-order valence-electron chi connectivity index (χ4n) is 2.15. The molecular formula is C17H12FNO4. The molecule has 0 saturated carbocycles. The number of hydrogen-bond acceptors (Lipinski definition) is 5. The predicted molar refractivity (Wildman–Crippen MR) is 80.5 cm³/mol. The molecule has 0 fully saturated rings. The lowest BCUT2D eigenvalue weighted by molar-refractivity contribution is 0.0332. The number of pyridine rings is 1. The molecule has 0 aliphatic heterocycles. The molecule has 6 heteroatoms. The highest BCUT2D eigenvalue weighted by Gasteiger charge is 2.19. The van der Waals surface area contributed by atoms with Crippen LogP contribution in [0.4, 0.5) is 4.39 Å². The maximum absolute atomic E-state index is 13.3. The molecule has 2 heterocycles. The first-order valence-electron chi connectivity index (χ1n) is 6.89. The van der Waals surface area contributed by atoms with Crippen LogP contribution < -0.4 is 5.63 Å². The van der Waals surface area contributed by atoms with Gasteiger partial charge in [-0.3, -0.25) is 4.98 Å². The topological polar surface area (TPSA) is 69.4 Å². The fraction of sp³-hybridized carbons (Fsp3) is 0.118. The van der Waals surface area contributed by atoms with Crippen LogP contribution in [-0.2, 0) is 4.74 Å².